The smallest absolute Gasteiger partial charge is 0.0929 e. The molecule has 1 aliphatic rings. The predicted octanol–water partition coefficient (Wildman–Crippen LogP) is 2.04. The summed E-state index contributed by atoms with van der Waals surface area (Å²) in [5.41, 5.74) is 7.14. The Morgan fingerprint density at radius 1 is 1.67 bits per heavy atom. The van der Waals surface area contributed by atoms with Gasteiger partial charge < -0.3 is 5.73 Å². The zero-order chi connectivity index (χ0) is 8.55. The minimum atomic E-state index is 0.213. The Hall–Kier alpha value is -0.410. The molecule has 0 amide bonds. The molecule has 1 heterocycles. The molecule has 0 aliphatic heterocycles. The van der Waals surface area contributed by atoms with Gasteiger partial charge in [0.05, 0.1) is 10.7 Å². The van der Waals surface area contributed by atoms with Gasteiger partial charge in [-0.15, -0.1) is 11.3 Å². The number of hydrogen-bond acceptors (Lipinski definition) is 3. The van der Waals surface area contributed by atoms with Gasteiger partial charge in [0.25, 0.3) is 0 Å². The fraction of sp³-hybridized carbons (Fsp3) is 0.667. The van der Waals surface area contributed by atoms with Crippen molar-refractivity contribution in [2.24, 2.45) is 5.73 Å². The molecule has 1 unspecified atom stereocenters. The van der Waals surface area contributed by atoms with Crippen molar-refractivity contribution in [2.45, 2.75) is 38.6 Å². The van der Waals surface area contributed by atoms with E-state index in [4.69, 9.17) is 5.73 Å². The van der Waals surface area contributed by atoms with Crippen LogP contribution in [0.5, 0.6) is 0 Å². The Kier molecular flexibility index (Phi) is 2.15. The van der Waals surface area contributed by atoms with Crippen LogP contribution in [-0.2, 0) is 12.8 Å². The number of aryl methyl sites for hydroxylation is 2. The molecule has 2 N–H and O–H groups in total. The third kappa shape index (κ3) is 1.27. The van der Waals surface area contributed by atoms with E-state index in [0.717, 1.165) is 12.8 Å². The maximum atomic E-state index is 5.96. The van der Waals surface area contributed by atoms with Crippen LogP contribution in [0.1, 0.15) is 41.4 Å². The molecule has 2 rings (SSSR count). The van der Waals surface area contributed by atoms with E-state index < -0.39 is 0 Å². The minimum Gasteiger partial charge on any atom is -0.323 e. The summed E-state index contributed by atoms with van der Waals surface area (Å²) in [7, 11) is 0. The van der Waals surface area contributed by atoms with Gasteiger partial charge in [-0.2, -0.15) is 0 Å². The molecule has 0 fully saturated rings. The Morgan fingerprint density at radius 2 is 2.50 bits per heavy atom. The second-order valence-corrected chi connectivity index (χ2v) is 4.44. The molecule has 0 saturated carbocycles. The van der Waals surface area contributed by atoms with E-state index in [-0.39, 0.29) is 6.04 Å². The third-order valence-electron chi connectivity index (χ3n) is 2.34. The number of hydrogen-bond donors (Lipinski definition) is 1. The average molecular weight is 182 g/mol. The maximum absolute atomic E-state index is 5.96. The van der Waals surface area contributed by atoms with E-state index >= 15 is 0 Å². The molecule has 0 spiro atoms. The van der Waals surface area contributed by atoms with Gasteiger partial charge in [0.15, 0.2) is 0 Å². The number of nitrogens with two attached hydrogens (primary N) is 1. The number of thiazole rings is 1. The molecule has 0 aromatic carbocycles. The number of rotatable bonds is 1. The van der Waals surface area contributed by atoms with Crippen LogP contribution in [0.15, 0.2) is 0 Å². The zero-order valence-corrected chi connectivity index (χ0v) is 8.16. The SMILES string of the molecule is CCc1nc2c(s1)CCCC2N. The molecule has 1 aromatic heterocycles. The average Bonchev–Trinajstić information content (AvgIpc) is 2.49. The highest BCUT2D eigenvalue weighted by atomic mass is 32.1. The standard InChI is InChI=1S/C9H14N2S/c1-2-8-11-9-6(10)4-3-5-7(9)12-8/h6H,2-5,10H2,1H3. The largest absolute Gasteiger partial charge is 0.323 e. The van der Waals surface area contributed by atoms with Crippen LogP contribution in [0.25, 0.3) is 0 Å². The van der Waals surface area contributed by atoms with Crippen molar-refractivity contribution in [2.75, 3.05) is 0 Å². The van der Waals surface area contributed by atoms with Crippen LogP contribution in [-0.4, -0.2) is 4.98 Å². The lowest BCUT2D eigenvalue weighted by Gasteiger charge is -2.15. The van der Waals surface area contributed by atoms with Crippen LogP contribution in [0, 0.1) is 0 Å². The number of fused-ring (bicyclic) bond motifs is 1. The molecule has 2 nitrogen and oxygen atoms in total. The lowest BCUT2D eigenvalue weighted by Crippen LogP contribution is -2.16. The van der Waals surface area contributed by atoms with Crippen LogP contribution in [0.3, 0.4) is 0 Å². The Balaban J connectivity index is 2.37. The van der Waals surface area contributed by atoms with E-state index in [9.17, 15) is 0 Å². The third-order valence-corrected chi connectivity index (χ3v) is 3.62. The van der Waals surface area contributed by atoms with Crippen LogP contribution >= 0.6 is 11.3 Å². The summed E-state index contributed by atoms with van der Waals surface area (Å²) in [5.74, 6) is 0. The molecule has 1 atom stereocenters. The fourth-order valence-corrected chi connectivity index (χ4v) is 2.77. The van der Waals surface area contributed by atoms with Crippen molar-refractivity contribution >= 4 is 11.3 Å². The summed E-state index contributed by atoms with van der Waals surface area (Å²) < 4.78 is 0. The van der Waals surface area contributed by atoms with Gasteiger partial charge in [-0.3, -0.25) is 0 Å². The molecular weight excluding hydrogens is 168 g/mol. The Labute approximate surface area is 76.8 Å². The summed E-state index contributed by atoms with van der Waals surface area (Å²) in [4.78, 5) is 5.98. The summed E-state index contributed by atoms with van der Waals surface area (Å²) in [5, 5.41) is 1.25. The zero-order valence-electron chi connectivity index (χ0n) is 7.34. The second-order valence-electron chi connectivity index (χ2n) is 3.27. The molecule has 3 heteroatoms. The molecular formula is C9H14N2S. The first kappa shape index (κ1) is 8.20. The molecule has 0 radical (unpaired) electrons. The molecule has 12 heavy (non-hydrogen) atoms. The van der Waals surface area contributed by atoms with Gasteiger partial charge in [-0.1, -0.05) is 6.92 Å². The highest BCUT2D eigenvalue weighted by Crippen LogP contribution is 2.31. The summed E-state index contributed by atoms with van der Waals surface area (Å²) in [6, 6.07) is 0.213. The van der Waals surface area contributed by atoms with Crippen molar-refractivity contribution in [3.63, 3.8) is 0 Å². The monoisotopic (exact) mass is 182 g/mol. The molecule has 0 saturated heterocycles. The van der Waals surface area contributed by atoms with Gasteiger partial charge in [-0.25, -0.2) is 4.98 Å². The molecule has 1 aromatic rings. The van der Waals surface area contributed by atoms with Crippen LogP contribution in [0.4, 0.5) is 0 Å². The predicted molar refractivity (Wildman–Crippen MR) is 51.4 cm³/mol. The van der Waals surface area contributed by atoms with Crippen molar-refractivity contribution in [3.05, 3.63) is 15.6 Å². The van der Waals surface area contributed by atoms with Gasteiger partial charge in [0, 0.05) is 10.9 Å². The van der Waals surface area contributed by atoms with E-state index in [0.29, 0.717) is 0 Å². The van der Waals surface area contributed by atoms with Crippen LogP contribution < -0.4 is 5.73 Å². The van der Waals surface area contributed by atoms with Crippen molar-refractivity contribution in [3.8, 4) is 0 Å². The first-order valence-electron chi connectivity index (χ1n) is 4.55. The first-order chi connectivity index (χ1) is 5.81. The van der Waals surface area contributed by atoms with Crippen molar-refractivity contribution in [1.29, 1.82) is 0 Å². The first-order valence-corrected chi connectivity index (χ1v) is 5.37. The Morgan fingerprint density at radius 3 is 3.17 bits per heavy atom. The second kappa shape index (κ2) is 3.15. The summed E-state index contributed by atoms with van der Waals surface area (Å²) in [6.45, 7) is 2.15. The number of nitrogens with zero attached hydrogens (tertiary/aromatic N) is 1. The van der Waals surface area contributed by atoms with E-state index in [2.05, 4.69) is 11.9 Å². The number of aromatic nitrogens is 1. The summed E-state index contributed by atoms with van der Waals surface area (Å²) in [6.07, 6.45) is 4.59. The van der Waals surface area contributed by atoms with E-state index in [1.807, 2.05) is 11.3 Å². The molecule has 0 bridgehead atoms. The van der Waals surface area contributed by atoms with Gasteiger partial charge in [0.1, 0.15) is 0 Å². The van der Waals surface area contributed by atoms with Crippen molar-refractivity contribution in [1.82, 2.24) is 4.98 Å². The quantitative estimate of drug-likeness (QED) is 0.722. The van der Waals surface area contributed by atoms with E-state index in [1.165, 1.54) is 28.4 Å². The van der Waals surface area contributed by atoms with E-state index in [1.54, 1.807) is 0 Å². The van der Waals surface area contributed by atoms with Gasteiger partial charge >= 0.3 is 0 Å². The fourth-order valence-electron chi connectivity index (χ4n) is 1.65. The Bertz CT molecular complexity index is 280. The highest BCUT2D eigenvalue weighted by Gasteiger charge is 2.20. The lowest BCUT2D eigenvalue weighted by molar-refractivity contribution is 0.562. The van der Waals surface area contributed by atoms with Crippen LogP contribution in [0.2, 0.25) is 0 Å². The molecule has 66 valence electrons. The topological polar surface area (TPSA) is 38.9 Å². The van der Waals surface area contributed by atoms with Gasteiger partial charge in [0.2, 0.25) is 0 Å². The van der Waals surface area contributed by atoms with Gasteiger partial charge in [-0.05, 0) is 25.7 Å². The normalized spacial score (nSPS) is 22.3. The minimum absolute atomic E-state index is 0.213. The van der Waals surface area contributed by atoms with Crippen molar-refractivity contribution < 1.29 is 0 Å². The lowest BCUT2D eigenvalue weighted by atomic mass is 9.99. The molecule has 1 aliphatic carbocycles. The highest BCUT2D eigenvalue weighted by molar-refractivity contribution is 7.11. The maximum Gasteiger partial charge on any atom is 0.0929 e. The summed E-state index contributed by atoms with van der Waals surface area (Å²) >= 11 is 1.85.